The maximum absolute atomic E-state index is 13.2. The molecule has 0 N–H and O–H groups in total. The van der Waals surface area contributed by atoms with Crippen molar-refractivity contribution in [3.8, 4) is 11.3 Å². The third-order valence-corrected chi connectivity index (χ3v) is 4.74. The van der Waals surface area contributed by atoms with Crippen molar-refractivity contribution in [2.24, 2.45) is 0 Å². The van der Waals surface area contributed by atoms with Crippen LogP contribution in [-0.4, -0.2) is 28.9 Å². The normalized spacial score (nSPS) is 10.6. The van der Waals surface area contributed by atoms with Crippen molar-refractivity contribution in [1.82, 2.24) is 9.88 Å². The summed E-state index contributed by atoms with van der Waals surface area (Å²) in [6.45, 7) is 12.6. The van der Waals surface area contributed by atoms with Gasteiger partial charge in [0.25, 0.3) is 5.91 Å². The Balaban J connectivity index is 2.18. The van der Waals surface area contributed by atoms with Gasteiger partial charge in [0.1, 0.15) is 0 Å². The third-order valence-electron chi connectivity index (χ3n) is 4.74. The minimum Gasteiger partial charge on any atom is -0.331 e. The van der Waals surface area contributed by atoms with Gasteiger partial charge in [0.05, 0.1) is 16.8 Å². The lowest BCUT2D eigenvalue weighted by atomic mass is 10.0. The van der Waals surface area contributed by atoms with Gasteiger partial charge < -0.3 is 4.90 Å². The van der Waals surface area contributed by atoms with Crippen LogP contribution >= 0.6 is 0 Å². The Hall–Kier alpha value is -3.20. The Morgan fingerprint density at radius 1 is 1.00 bits per heavy atom. The Morgan fingerprint density at radius 3 is 2.37 bits per heavy atom. The second-order valence-electron chi connectivity index (χ2n) is 6.66. The predicted molar refractivity (Wildman–Crippen MR) is 113 cm³/mol. The van der Waals surface area contributed by atoms with Gasteiger partial charge in [0.2, 0.25) is 0 Å². The maximum atomic E-state index is 13.2. The molecule has 0 bridgehead atoms. The number of rotatable bonds is 6. The van der Waals surface area contributed by atoms with Crippen LogP contribution in [0.5, 0.6) is 0 Å². The third kappa shape index (κ3) is 3.82. The zero-order valence-corrected chi connectivity index (χ0v) is 15.9. The number of pyridine rings is 1. The minimum atomic E-state index is -0.0431. The number of amides is 1. The summed E-state index contributed by atoms with van der Waals surface area (Å²) >= 11 is 0. The summed E-state index contributed by atoms with van der Waals surface area (Å²) in [5.41, 5.74) is 5.72. The molecule has 0 aliphatic rings. The van der Waals surface area contributed by atoms with E-state index in [2.05, 4.69) is 45.2 Å². The molecular weight excluding hydrogens is 332 g/mol. The van der Waals surface area contributed by atoms with E-state index in [1.165, 1.54) is 11.1 Å². The van der Waals surface area contributed by atoms with Crippen LogP contribution in [-0.2, 0) is 0 Å². The van der Waals surface area contributed by atoms with E-state index in [1.54, 1.807) is 17.1 Å². The number of carbonyl (C=O) groups excluding carboxylic acids is 1. The van der Waals surface area contributed by atoms with E-state index in [4.69, 9.17) is 4.98 Å². The molecule has 0 aliphatic heterocycles. The first-order valence-corrected chi connectivity index (χ1v) is 9.03. The van der Waals surface area contributed by atoms with E-state index in [1.807, 2.05) is 30.3 Å². The fourth-order valence-electron chi connectivity index (χ4n) is 3.12. The second-order valence-corrected chi connectivity index (χ2v) is 6.66. The van der Waals surface area contributed by atoms with Gasteiger partial charge in [0, 0.05) is 24.0 Å². The SMILES string of the molecule is C=CCN(CC=C)C(=O)c1cc(-c2ccc(C)c(C)c2)nc2ccccc12. The van der Waals surface area contributed by atoms with Crippen LogP contribution in [0.4, 0.5) is 0 Å². The summed E-state index contributed by atoms with van der Waals surface area (Å²) < 4.78 is 0. The molecule has 1 heterocycles. The number of aromatic nitrogens is 1. The minimum absolute atomic E-state index is 0.0431. The summed E-state index contributed by atoms with van der Waals surface area (Å²) in [6.07, 6.45) is 3.46. The number of benzene rings is 2. The largest absolute Gasteiger partial charge is 0.331 e. The molecule has 3 nitrogen and oxygen atoms in total. The smallest absolute Gasteiger partial charge is 0.255 e. The molecule has 0 atom stereocenters. The van der Waals surface area contributed by atoms with E-state index in [0.29, 0.717) is 18.7 Å². The highest BCUT2D eigenvalue weighted by atomic mass is 16.2. The molecule has 1 aromatic heterocycles. The molecule has 0 aliphatic carbocycles. The summed E-state index contributed by atoms with van der Waals surface area (Å²) in [6, 6.07) is 15.9. The van der Waals surface area contributed by atoms with E-state index in [-0.39, 0.29) is 5.91 Å². The van der Waals surface area contributed by atoms with Crippen molar-refractivity contribution in [2.45, 2.75) is 13.8 Å². The fraction of sp³-hybridized carbons (Fsp3) is 0.167. The zero-order valence-electron chi connectivity index (χ0n) is 15.9. The Bertz CT molecular complexity index is 1010. The van der Waals surface area contributed by atoms with Gasteiger partial charge in [0.15, 0.2) is 0 Å². The number of hydrogen-bond acceptors (Lipinski definition) is 2. The lowest BCUT2D eigenvalue weighted by Gasteiger charge is -2.20. The average Bonchev–Trinajstić information content (AvgIpc) is 2.68. The molecule has 2 aromatic carbocycles. The zero-order chi connectivity index (χ0) is 19.4. The van der Waals surface area contributed by atoms with Gasteiger partial charge in [-0.2, -0.15) is 0 Å². The Kier molecular flexibility index (Phi) is 5.51. The molecule has 0 unspecified atom stereocenters. The molecule has 136 valence electrons. The average molecular weight is 356 g/mol. The molecule has 3 heteroatoms. The summed E-state index contributed by atoms with van der Waals surface area (Å²) in [4.78, 5) is 19.8. The van der Waals surface area contributed by atoms with E-state index >= 15 is 0 Å². The van der Waals surface area contributed by atoms with Crippen LogP contribution in [0, 0.1) is 13.8 Å². The van der Waals surface area contributed by atoms with Gasteiger partial charge in [-0.3, -0.25) is 4.79 Å². The highest BCUT2D eigenvalue weighted by Gasteiger charge is 2.18. The number of para-hydroxylation sites is 1. The quantitative estimate of drug-likeness (QED) is 0.559. The first kappa shape index (κ1) is 18.6. The summed E-state index contributed by atoms with van der Waals surface area (Å²) in [5.74, 6) is -0.0431. The van der Waals surface area contributed by atoms with Crippen molar-refractivity contribution in [3.63, 3.8) is 0 Å². The number of aryl methyl sites for hydroxylation is 2. The number of nitrogens with zero attached hydrogens (tertiary/aromatic N) is 2. The Labute approximate surface area is 160 Å². The summed E-state index contributed by atoms with van der Waals surface area (Å²) in [7, 11) is 0. The molecule has 0 saturated heterocycles. The molecular formula is C24H24N2O. The van der Waals surface area contributed by atoms with Gasteiger partial charge in [-0.05, 0) is 43.2 Å². The molecule has 1 amide bonds. The van der Waals surface area contributed by atoms with E-state index < -0.39 is 0 Å². The van der Waals surface area contributed by atoms with Gasteiger partial charge >= 0.3 is 0 Å². The molecule has 3 aromatic rings. The van der Waals surface area contributed by atoms with Crippen LogP contribution in [0.15, 0.2) is 73.8 Å². The highest BCUT2D eigenvalue weighted by molar-refractivity contribution is 6.07. The number of carbonyl (C=O) groups is 1. The monoisotopic (exact) mass is 356 g/mol. The van der Waals surface area contributed by atoms with Crippen molar-refractivity contribution in [3.05, 3.63) is 90.5 Å². The Morgan fingerprint density at radius 2 is 1.70 bits per heavy atom. The first-order chi connectivity index (χ1) is 13.0. The van der Waals surface area contributed by atoms with Gasteiger partial charge in [-0.25, -0.2) is 4.98 Å². The standard InChI is InChI=1S/C24H24N2O/c1-5-13-26(14-6-2)24(27)21-16-23(19-12-11-17(3)18(4)15-19)25-22-10-8-7-9-20(21)22/h5-12,15-16H,1-2,13-14H2,3-4H3. The lowest BCUT2D eigenvalue weighted by Crippen LogP contribution is -2.31. The maximum Gasteiger partial charge on any atom is 0.255 e. The van der Waals surface area contributed by atoms with Gasteiger partial charge in [-0.15, -0.1) is 13.2 Å². The highest BCUT2D eigenvalue weighted by Crippen LogP contribution is 2.27. The van der Waals surface area contributed by atoms with Crippen molar-refractivity contribution < 1.29 is 4.79 Å². The number of fused-ring (bicyclic) bond motifs is 1. The molecule has 0 spiro atoms. The molecule has 0 saturated carbocycles. The molecule has 27 heavy (non-hydrogen) atoms. The molecule has 0 fully saturated rings. The fourth-order valence-corrected chi connectivity index (χ4v) is 3.12. The first-order valence-electron chi connectivity index (χ1n) is 9.03. The summed E-state index contributed by atoms with van der Waals surface area (Å²) in [5, 5.41) is 0.855. The second kappa shape index (κ2) is 8.00. The lowest BCUT2D eigenvalue weighted by molar-refractivity contribution is 0.0793. The predicted octanol–water partition coefficient (Wildman–Crippen LogP) is 5.33. The topological polar surface area (TPSA) is 33.2 Å². The number of hydrogen-bond donors (Lipinski definition) is 0. The molecule has 3 rings (SSSR count). The van der Waals surface area contributed by atoms with Crippen molar-refractivity contribution in [2.75, 3.05) is 13.1 Å². The van der Waals surface area contributed by atoms with E-state index in [9.17, 15) is 4.79 Å². The van der Waals surface area contributed by atoms with Crippen molar-refractivity contribution in [1.29, 1.82) is 0 Å². The van der Waals surface area contributed by atoms with Crippen molar-refractivity contribution >= 4 is 16.8 Å². The van der Waals surface area contributed by atoms with Crippen LogP contribution in [0.25, 0.3) is 22.2 Å². The molecule has 0 radical (unpaired) electrons. The van der Waals surface area contributed by atoms with Gasteiger partial charge in [-0.1, -0.05) is 42.5 Å². The van der Waals surface area contributed by atoms with Crippen LogP contribution in [0.3, 0.4) is 0 Å². The van der Waals surface area contributed by atoms with E-state index in [0.717, 1.165) is 22.2 Å². The van der Waals surface area contributed by atoms with Crippen LogP contribution in [0.1, 0.15) is 21.5 Å². The van der Waals surface area contributed by atoms with Crippen LogP contribution < -0.4 is 0 Å². The van der Waals surface area contributed by atoms with Crippen LogP contribution in [0.2, 0.25) is 0 Å².